The lowest BCUT2D eigenvalue weighted by molar-refractivity contribution is -0.136. The quantitative estimate of drug-likeness (QED) is 0.643. The number of fused-ring (bicyclic) bond motifs is 1. The maximum atomic E-state index is 13.6. The maximum Gasteiger partial charge on any atom is 0.420 e. The molecule has 8 nitrogen and oxygen atoms in total. The lowest BCUT2D eigenvalue weighted by Gasteiger charge is -2.38. The molecule has 1 saturated heterocycles. The minimum absolute atomic E-state index is 0.0580. The van der Waals surface area contributed by atoms with Gasteiger partial charge in [0.1, 0.15) is 5.15 Å². The third-order valence-corrected chi connectivity index (χ3v) is 5.70. The van der Waals surface area contributed by atoms with E-state index in [1.807, 2.05) is 0 Å². The summed E-state index contributed by atoms with van der Waals surface area (Å²) in [5.41, 5.74) is -1.32. The summed E-state index contributed by atoms with van der Waals surface area (Å²) in [5.74, 6) is -0.687. The monoisotopic (exact) mass is 462 g/mol. The molecular weight excluding hydrogens is 449 g/mol. The smallest absolute Gasteiger partial charge is 0.420 e. The number of sulfonamides is 1. The molecule has 1 fully saturated rings. The molecule has 0 saturated carbocycles. The molecule has 160 valence electrons. The van der Waals surface area contributed by atoms with Gasteiger partial charge in [0.05, 0.1) is 30.4 Å². The normalized spacial score (nSPS) is 15.6. The Kier molecular flexibility index (Phi) is 4.83. The van der Waals surface area contributed by atoms with Gasteiger partial charge in [0.2, 0.25) is 10.0 Å². The van der Waals surface area contributed by atoms with Crippen LogP contribution in [0.5, 0.6) is 0 Å². The zero-order valence-corrected chi connectivity index (χ0v) is 16.8. The number of nitrogens with zero attached hydrogens (tertiary/aromatic N) is 3. The molecule has 4 heterocycles. The van der Waals surface area contributed by atoms with Gasteiger partial charge in [-0.2, -0.15) is 13.2 Å². The van der Waals surface area contributed by atoms with E-state index < -0.39 is 39.4 Å². The van der Waals surface area contributed by atoms with Crippen molar-refractivity contribution in [1.29, 1.82) is 0 Å². The first-order valence-electron chi connectivity index (χ1n) is 8.52. The van der Waals surface area contributed by atoms with Crippen LogP contribution in [0.4, 0.5) is 13.2 Å². The van der Waals surface area contributed by atoms with E-state index in [9.17, 15) is 26.4 Å². The lowest BCUT2D eigenvalue weighted by atomic mass is 10.1. The minimum Gasteiger partial charge on any atom is -0.472 e. The van der Waals surface area contributed by atoms with E-state index in [0.29, 0.717) is 5.56 Å². The van der Waals surface area contributed by atoms with E-state index in [2.05, 4.69) is 9.71 Å². The molecule has 0 unspecified atom stereocenters. The van der Waals surface area contributed by atoms with Crippen LogP contribution in [0, 0.1) is 0 Å². The van der Waals surface area contributed by atoms with Crippen LogP contribution >= 0.6 is 11.6 Å². The first-order chi connectivity index (χ1) is 13.9. The summed E-state index contributed by atoms with van der Waals surface area (Å²) in [6, 6.07) is 1.93. The summed E-state index contributed by atoms with van der Waals surface area (Å²) >= 11 is 6.23. The number of carbonyl (C=O) groups is 1. The number of likely N-dealkylation sites (tertiary alicyclic amines) is 1. The van der Waals surface area contributed by atoms with Crippen molar-refractivity contribution in [3.05, 3.63) is 47.3 Å². The number of pyridine rings is 1. The van der Waals surface area contributed by atoms with Crippen LogP contribution < -0.4 is 4.72 Å². The number of carbonyl (C=O) groups excluding carboxylic acids is 1. The van der Waals surface area contributed by atoms with E-state index in [-0.39, 0.29) is 29.5 Å². The molecule has 0 spiro atoms. The van der Waals surface area contributed by atoms with Crippen LogP contribution in [-0.2, 0) is 16.2 Å². The molecule has 1 aliphatic heterocycles. The number of furan rings is 1. The molecule has 0 bridgehead atoms. The zero-order valence-electron chi connectivity index (χ0n) is 15.3. The van der Waals surface area contributed by atoms with Crippen LogP contribution in [0.15, 0.2) is 35.3 Å². The highest BCUT2D eigenvalue weighted by Gasteiger charge is 2.38. The first kappa shape index (κ1) is 20.7. The first-order valence-corrected chi connectivity index (χ1v) is 10.8. The van der Waals surface area contributed by atoms with Gasteiger partial charge in [0, 0.05) is 30.4 Å². The summed E-state index contributed by atoms with van der Waals surface area (Å²) in [6.07, 6.45) is 0.199. The fraction of sp³-hybridized carbons (Fsp3) is 0.294. The van der Waals surface area contributed by atoms with Crippen LogP contribution in [0.25, 0.3) is 16.8 Å². The highest BCUT2D eigenvalue weighted by Crippen LogP contribution is 2.37. The molecule has 0 atom stereocenters. The molecule has 4 rings (SSSR count). The predicted octanol–water partition coefficient (Wildman–Crippen LogP) is 2.64. The van der Waals surface area contributed by atoms with E-state index in [4.69, 9.17) is 16.0 Å². The molecule has 1 N–H and O–H groups in total. The molecule has 0 aliphatic carbocycles. The lowest BCUT2D eigenvalue weighted by Crippen LogP contribution is -2.60. The Hall–Kier alpha value is -2.57. The Balaban J connectivity index is 1.72. The van der Waals surface area contributed by atoms with E-state index >= 15 is 0 Å². The van der Waals surface area contributed by atoms with Gasteiger partial charge in [-0.25, -0.2) is 18.1 Å². The van der Waals surface area contributed by atoms with Crippen molar-refractivity contribution in [2.45, 2.75) is 12.2 Å². The third-order valence-electron chi connectivity index (χ3n) is 4.57. The van der Waals surface area contributed by atoms with Gasteiger partial charge in [0.25, 0.3) is 5.91 Å². The number of aromatic nitrogens is 2. The Morgan fingerprint density at radius 2 is 2.03 bits per heavy atom. The van der Waals surface area contributed by atoms with E-state index in [0.717, 1.165) is 16.7 Å². The fourth-order valence-corrected chi connectivity index (χ4v) is 4.23. The minimum atomic E-state index is -4.74. The number of nitrogens with one attached hydrogen (secondary N) is 1. The molecule has 13 heteroatoms. The average molecular weight is 463 g/mol. The van der Waals surface area contributed by atoms with Gasteiger partial charge in [-0.3, -0.25) is 9.20 Å². The van der Waals surface area contributed by atoms with Crippen molar-refractivity contribution >= 4 is 33.2 Å². The highest BCUT2D eigenvalue weighted by atomic mass is 35.5. The third kappa shape index (κ3) is 3.77. The summed E-state index contributed by atoms with van der Waals surface area (Å²) in [4.78, 5) is 17.8. The summed E-state index contributed by atoms with van der Waals surface area (Å²) < 4.78 is 71.7. The summed E-state index contributed by atoms with van der Waals surface area (Å²) in [5, 5.41) is -0.273. The predicted molar refractivity (Wildman–Crippen MR) is 101 cm³/mol. The van der Waals surface area contributed by atoms with Crippen LogP contribution in [0.1, 0.15) is 16.1 Å². The second-order valence-corrected chi connectivity index (χ2v) is 9.03. The second-order valence-electron chi connectivity index (χ2n) is 6.89. The molecule has 0 radical (unpaired) electrons. The average Bonchev–Trinajstić information content (AvgIpc) is 3.23. The van der Waals surface area contributed by atoms with Crippen LogP contribution in [-0.4, -0.2) is 54.0 Å². The fourth-order valence-electron chi connectivity index (χ4n) is 3.22. The van der Waals surface area contributed by atoms with Gasteiger partial charge in [-0.15, -0.1) is 0 Å². The van der Waals surface area contributed by atoms with Gasteiger partial charge in [-0.05, 0) is 12.1 Å². The van der Waals surface area contributed by atoms with Crippen molar-refractivity contribution in [3.63, 3.8) is 0 Å². The number of rotatable bonds is 4. The standard InChI is InChI=1S/C17H14ClF3N4O4S/c1-30(27,28)23-11-6-24(7-11)16(26)13-14(18)25-5-10(9-2-3-29-8-9)4-12(15(25)22-13)17(19,20)21/h2-5,8,11,23H,6-7H2,1H3. The molecule has 30 heavy (non-hydrogen) atoms. The number of halogens is 4. The largest absolute Gasteiger partial charge is 0.472 e. The Morgan fingerprint density at radius 1 is 1.33 bits per heavy atom. The Morgan fingerprint density at radius 3 is 2.60 bits per heavy atom. The maximum absolute atomic E-state index is 13.6. The van der Waals surface area contributed by atoms with Crippen molar-refractivity contribution in [2.24, 2.45) is 0 Å². The molecule has 3 aromatic rings. The van der Waals surface area contributed by atoms with Crippen molar-refractivity contribution in [1.82, 2.24) is 19.0 Å². The number of hydrogen-bond donors (Lipinski definition) is 1. The van der Waals surface area contributed by atoms with Crippen molar-refractivity contribution in [2.75, 3.05) is 19.3 Å². The number of amides is 1. The SMILES string of the molecule is CS(=O)(=O)NC1CN(C(=O)c2nc3c(C(F)(F)F)cc(-c4ccoc4)cn3c2Cl)C1. The van der Waals surface area contributed by atoms with Gasteiger partial charge < -0.3 is 9.32 Å². The van der Waals surface area contributed by atoms with Gasteiger partial charge >= 0.3 is 6.18 Å². The Labute approximate surface area is 173 Å². The Bertz CT molecular complexity index is 1230. The topological polar surface area (TPSA) is 96.9 Å². The van der Waals surface area contributed by atoms with Crippen LogP contribution in [0.3, 0.4) is 0 Å². The molecule has 1 aliphatic rings. The van der Waals surface area contributed by atoms with Crippen molar-refractivity contribution < 1.29 is 30.8 Å². The second kappa shape index (κ2) is 7.00. The molecule has 1 amide bonds. The summed E-state index contributed by atoms with van der Waals surface area (Å²) in [6.45, 7) is 0.116. The van der Waals surface area contributed by atoms with E-state index in [1.165, 1.54) is 29.7 Å². The number of imidazole rings is 1. The van der Waals surface area contributed by atoms with Gasteiger partial charge in [-0.1, -0.05) is 11.6 Å². The molecule has 0 aromatic carbocycles. The highest BCUT2D eigenvalue weighted by molar-refractivity contribution is 7.88. The van der Waals surface area contributed by atoms with Crippen LogP contribution in [0.2, 0.25) is 5.15 Å². The molecular formula is C17H14ClF3N4O4S. The number of alkyl halides is 3. The molecule has 3 aromatic heterocycles. The number of hydrogen-bond acceptors (Lipinski definition) is 5. The van der Waals surface area contributed by atoms with Gasteiger partial charge in [0.15, 0.2) is 11.3 Å². The summed E-state index contributed by atoms with van der Waals surface area (Å²) in [7, 11) is -3.44. The van der Waals surface area contributed by atoms with Crippen molar-refractivity contribution in [3.8, 4) is 11.1 Å². The zero-order chi connectivity index (χ0) is 21.8. The van der Waals surface area contributed by atoms with E-state index in [1.54, 1.807) is 0 Å².